The third kappa shape index (κ3) is 7.09. The zero-order chi connectivity index (χ0) is 39.5. The standard InChI is InChI=1S/C38H41N9O8S/c1-56(54,55)25-7-5-23(6-8-25)41-33-31(32(39)49)40-16-29(43-33)46-12-2-3-24(18-46)42-34(50)22-14-38(15-22)19-45(20-38)17-21-4-9-26-27(13-21)37(53)47(36(26)52)28-10-11-30(48)44-35(28)51/h4-9,13,16,22,24,28H,2-3,10-12,14-15,17-20H2,1H3,(H2,39,49)(H,41,43)(H,42,50)(H,44,48,51). The molecule has 2 unspecified atom stereocenters. The van der Waals surface area contributed by atoms with Crippen LogP contribution in [0.15, 0.2) is 53.6 Å². The average molecular weight is 784 g/mol. The van der Waals surface area contributed by atoms with Crippen molar-refractivity contribution in [1.29, 1.82) is 0 Å². The van der Waals surface area contributed by atoms with Crippen LogP contribution in [0.2, 0.25) is 0 Å². The molecule has 17 nitrogen and oxygen atoms in total. The molecule has 18 heteroatoms. The van der Waals surface area contributed by atoms with Gasteiger partial charge in [0, 0.05) is 63.0 Å². The molecule has 4 aliphatic heterocycles. The number of aromatic nitrogens is 2. The Hall–Kier alpha value is -5.75. The molecule has 6 amide bonds. The van der Waals surface area contributed by atoms with E-state index in [1.165, 1.54) is 18.3 Å². The van der Waals surface area contributed by atoms with Crippen LogP contribution in [0.3, 0.4) is 0 Å². The van der Waals surface area contributed by atoms with Gasteiger partial charge in [-0.05, 0) is 79.5 Å². The Kier molecular flexibility index (Phi) is 9.35. The summed E-state index contributed by atoms with van der Waals surface area (Å²) < 4.78 is 23.7. The number of nitrogens with one attached hydrogen (secondary N) is 3. The molecular weight excluding hydrogens is 743 g/mol. The molecule has 1 aromatic heterocycles. The molecule has 5 heterocycles. The number of rotatable bonds is 10. The van der Waals surface area contributed by atoms with Gasteiger partial charge < -0.3 is 21.3 Å². The molecule has 5 aliphatic rings. The lowest BCUT2D eigenvalue weighted by molar-refractivity contribution is -0.146. The van der Waals surface area contributed by atoms with E-state index in [9.17, 15) is 37.2 Å². The van der Waals surface area contributed by atoms with Gasteiger partial charge in [0.05, 0.1) is 22.2 Å². The number of fused-ring (bicyclic) bond motifs is 1. The molecular formula is C38H41N9O8S. The highest BCUT2D eigenvalue weighted by Crippen LogP contribution is 2.52. The van der Waals surface area contributed by atoms with E-state index in [0.29, 0.717) is 31.1 Å². The highest BCUT2D eigenvalue weighted by molar-refractivity contribution is 7.90. The highest BCUT2D eigenvalue weighted by Gasteiger charge is 2.54. The molecule has 8 rings (SSSR count). The molecule has 5 N–H and O–H groups in total. The summed E-state index contributed by atoms with van der Waals surface area (Å²) in [5, 5.41) is 8.48. The summed E-state index contributed by atoms with van der Waals surface area (Å²) in [5.41, 5.74) is 7.47. The minimum Gasteiger partial charge on any atom is -0.364 e. The first-order valence-electron chi connectivity index (χ1n) is 18.5. The zero-order valence-corrected chi connectivity index (χ0v) is 31.4. The fraction of sp³-hybridized carbons (Fsp3) is 0.421. The van der Waals surface area contributed by atoms with Crippen molar-refractivity contribution in [3.05, 3.63) is 71.0 Å². The number of carbonyl (C=O) groups is 6. The summed E-state index contributed by atoms with van der Waals surface area (Å²) in [5.74, 6) is -2.30. The van der Waals surface area contributed by atoms with Gasteiger partial charge in [-0.1, -0.05) is 6.07 Å². The van der Waals surface area contributed by atoms with E-state index in [1.54, 1.807) is 24.3 Å². The largest absolute Gasteiger partial charge is 0.364 e. The number of piperidine rings is 2. The number of likely N-dealkylation sites (tertiary alicyclic amines) is 1. The van der Waals surface area contributed by atoms with Gasteiger partial charge >= 0.3 is 0 Å². The summed E-state index contributed by atoms with van der Waals surface area (Å²) in [6, 6.07) is 10.1. The maximum absolute atomic E-state index is 13.4. The Morgan fingerprint density at radius 1 is 1.00 bits per heavy atom. The van der Waals surface area contributed by atoms with Crippen molar-refractivity contribution in [2.24, 2.45) is 17.1 Å². The predicted octanol–water partition coefficient (Wildman–Crippen LogP) is 1.12. The van der Waals surface area contributed by atoms with Crippen LogP contribution in [0.5, 0.6) is 0 Å². The second-order valence-electron chi connectivity index (χ2n) is 15.6. The predicted molar refractivity (Wildman–Crippen MR) is 200 cm³/mol. The van der Waals surface area contributed by atoms with E-state index in [0.717, 1.165) is 55.5 Å². The zero-order valence-electron chi connectivity index (χ0n) is 30.6. The van der Waals surface area contributed by atoms with Crippen molar-refractivity contribution in [1.82, 2.24) is 30.4 Å². The monoisotopic (exact) mass is 783 g/mol. The van der Waals surface area contributed by atoms with E-state index in [1.807, 2.05) is 11.0 Å². The number of primary amides is 1. The van der Waals surface area contributed by atoms with E-state index < -0.39 is 45.4 Å². The second kappa shape index (κ2) is 14.1. The van der Waals surface area contributed by atoms with Crippen LogP contribution in [0.1, 0.15) is 75.3 Å². The van der Waals surface area contributed by atoms with Gasteiger partial charge in [-0.25, -0.2) is 18.4 Å². The summed E-state index contributed by atoms with van der Waals surface area (Å²) >= 11 is 0. The normalized spacial score (nSPS) is 22.3. The van der Waals surface area contributed by atoms with E-state index in [-0.39, 0.29) is 63.7 Å². The van der Waals surface area contributed by atoms with Crippen LogP contribution in [0, 0.1) is 11.3 Å². The highest BCUT2D eigenvalue weighted by atomic mass is 32.2. The van der Waals surface area contributed by atoms with Crippen LogP contribution in [0.4, 0.5) is 17.3 Å². The fourth-order valence-corrected chi connectivity index (χ4v) is 9.29. The number of nitrogens with zero attached hydrogens (tertiary/aromatic N) is 5. The van der Waals surface area contributed by atoms with Gasteiger partial charge in [0.1, 0.15) is 11.9 Å². The molecule has 4 fully saturated rings. The van der Waals surface area contributed by atoms with Crippen molar-refractivity contribution >= 4 is 62.6 Å². The maximum atomic E-state index is 13.4. The number of carbonyl (C=O) groups excluding carboxylic acids is 6. The Balaban J connectivity index is 0.827. The lowest BCUT2D eigenvalue weighted by Gasteiger charge is -2.59. The average Bonchev–Trinajstić information content (AvgIpc) is 3.36. The summed E-state index contributed by atoms with van der Waals surface area (Å²) in [4.78, 5) is 90.1. The second-order valence-corrected chi connectivity index (χ2v) is 17.6. The van der Waals surface area contributed by atoms with E-state index in [2.05, 4.69) is 30.8 Å². The lowest BCUT2D eigenvalue weighted by Crippen LogP contribution is -2.64. The first kappa shape index (κ1) is 37.2. The molecule has 0 radical (unpaired) electrons. The van der Waals surface area contributed by atoms with Crippen molar-refractivity contribution in [3.8, 4) is 0 Å². The van der Waals surface area contributed by atoms with Gasteiger partial charge in [-0.2, -0.15) is 0 Å². The summed E-state index contributed by atoms with van der Waals surface area (Å²) in [6.45, 7) is 3.40. The molecule has 1 saturated carbocycles. The number of hydrogen-bond donors (Lipinski definition) is 4. The van der Waals surface area contributed by atoms with Gasteiger partial charge in [0.25, 0.3) is 17.7 Å². The fourth-order valence-electron chi connectivity index (χ4n) is 8.66. The third-order valence-corrected chi connectivity index (χ3v) is 12.5. The number of imide groups is 2. The molecule has 1 aliphatic carbocycles. The van der Waals surface area contributed by atoms with Crippen LogP contribution < -0.4 is 26.6 Å². The Bertz CT molecular complexity index is 2290. The molecule has 292 valence electrons. The van der Waals surface area contributed by atoms with Crippen molar-refractivity contribution in [2.75, 3.05) is 42.7 Å². The SMILES string of the molecule is CS(=O)(=O)c1ccc(Nc2nc(N3CCCC(NC(=O)C4CC5(C4)CN(Cc4ccc6c(c4)C(=O)N(C4CCC(=O)NC4=O)C6=O)C5)C3)cnc2C(N)=O)cc1. The minimum atomic E-state index is -3.38. The maximum Gasteiger partial charge on any atom is 0.271 e. The van der Waals surface area contributed by atoms with Gasteiger partial charge in [-0.3, -0.25) is 43.9 Å². The van der Waals surface area contributed by atoms with Crippen molar-refractivity contribution in [3.63, 3.8) is 0 Å². The smallest absolute Gasteiger partial charge is 0.271 e. The lowest BCUT2D eigenvalue weighted by atomic mass is 9.57. The topological polar surface area (TPSA) is 234 Å². The van der Waals surface area contributed by atoms with E-state index >= 15 is 0 Å². The molecule has 3 saturated heterocycles. The Morgan fingerprint density at radius 2 is 1.73 bits per heavy atom. The Morgan fingerprint density at radius 3 is 2.43 bits per heavy atom. The molecule has 0 bridgehead atoms. The van der Waals surface area contributed by atoms with Crippen LogP contribution in [-0.2, 0) is 30.8 Å². The quantitative estimate of drug-likeness (QED) is 0.212. The number of nitrogens with two attached hydrogens (primary N) is 1. The molecule has 1 spiro atoms. The number of hydrogen-bond acceptors (Lipinski definition) is 13. The number of anilines is 3. The Labute approximate surface area is 322 Å². The first-order valence-corrected chi connectivity index (χ1v) is 20.4. The van der Waals surface area contributed by atoms with E-state index in [4.69, 9.17) is 5.73 Å². The minimum absolute atomic E-state index is 0.0263. The van der Waals surface area contributed by atoms with Crippen molar-refractivity contribution in [2.45, 2.75) is 62.0 Å². The van der Waals surface area contributed by atoms with Gasteiger partial charge in [0.2, 0.25) is 17.7 Å². The van der Waals surface area contributed by atoms with Crippen LogP contribution >= 0.6 is 0 Å². The summed E-state index contributed by atoms with van der Waals surface area (Å²) in [7, 11) is -3.38. The molecule has 2 atom stereocenters. The third-order valence-electron chi connectivity index (χ3n) is 11.4. The molecule has 2 aromatic carbocycles. The molecule has 3 aromatic rings. The number of benzene rings is 2. The van der Waals surface area contributed by atoms with Crippen molar-refractivity contribution < 1.29 is 37.2 Å². The first-order chi connectivity index (χ1) is 26.7. The number of amides is 6. The van der Waals surface area contributed by atoms with Crippen LogP contribution in [0.25, 0.3) is 0 Å². The summed E-state index contributed by atoms with van der Waals surface area (Å²) in [6.07, 6.45) is 5.95. The van der Waals surface area contributed by atoms with Gasteiger partial charge in [-0.15, -0.1) is 0 Å². The van der Waals surface area contributed by atoms with Crippen LogP contribution in [-0.4, -0.2) is 108 Å². The number of sulfone groups is 1. The van der Waals surface area contributed by atoms with Gasteiger partial charge in [0.15, 0.2) is 21.3 Å². The molecule has 56 heavy (non-hydrogen) atoms.